The Morgan fingerprint density at radius 1 is 1.05 bits per heavy atom. The standard InChI is InChI=1S/C15H13F2NO/c1-15(17,14(18)19)12-8-4-2-6-10(12)11-7-3-5-9-13(11)16/h2-9H,1H3,(H2,18,19). The van der Waals surface area contributed by atoms with Crippen molar-refractivity contribution in [3.8, 4) is 11.1 Å². The summed E-state index contributed by atoms with van der Waals surface area (Å²) in [5.41, 5.74) is 3.36. The summed E-state index contributed by atoms with van der Waals surface area (Å²) < 4.78 is 28.2. The van der Waals surface area contributed by atoms with Crippen LogP contribution >= 0.6 is 0 Å². The molecule has 0 radical (unpaired) electrons. The van der Waals surface area contributed by atoms with E-state index in [2.05, 4.69) is 0 Å². The number of alkyl halides is 1. The number of hydrogen-bond donors (Lipinski definition) is 1. The third-order valence-electron chi connectivity index (χ3n) is 3.06. The summed E-state index contributed by atoms with van der Waals surface area (Å²) in [6, 6.07) is 12.3. The number of carbonyl (C=O) groups is 1. The average molecular weight is 261 g/mol. The third kappa shape index (κ3) is 2.34. The first-order chi connectivity index (χ1) is 8.94. The van der Waals surface area contributed by atoms with Crippen LogP contribution in [0.4, 0.5) is 8.78 Å². The van der Waals surface area contributed by atoms with Gasteiger partial charge < -0.3 is 5.73 Å². The van der Waals surface area contributed by atoms with Gasteiger partial charge in [-0.2, -0.15) is 0 Å². The van der Waals surface area contributed by atoms with Crippen molar-refractivity contribution >= 4 is 5.91 Å². The molecule has 2 aromatic rings. The minimum atomic E-state index is -2.35. The second-order valence-corrected chi connectivity index (χ2v) is 4.39. The lowest BCUT2D eigenvalue weighted by atomic mass is 9.89. The summed E-state index contributed by atoms with van der Waals surface area (Å²) in [6.07, 6.45) is 0. The number of rotatable bonds is 3. The van der Waals surface area contributed by atoms with Crippen molar-refractivity contribution in [3.05, 3.63) is 59.9 Å². The van der Waals surface area contributed by atoms with E-state index in [4.69, 9.17) is 5.73 Å². The Morgan fingerprint density at radius 3 is 2.16 bits per heavy atom. The molecule has 0 aliphatic heterocycles. The molecule has 0 saturated heterocycles. The molecular weight excluding hydrogens is 248 g/mol. The minimum absolute atomic E-state index is 0.0626. The molecule has 98 valence electrons. The predicted molar refractivity (Wildman–Crippen MR) is 69.5 cm³/mol. The van der Waals surface area contributed by atoms with E-state index in [-0.39, 0.29) is 11.1 Å². The molecule has 1 atom stereocenters. The van der Waals surface area contributed by atoms with Crippen LogP contribution in [0.25, 0.3) is 11.1 Å². The second-order valence-electron chi connectivity index (χ2n) is 4.39. The Hall–Kier alpha value is -2.23. The van der Waals surface area contributed by atoms with Crippen LogP contribution in [0, 0.1) is 5.82 Å². The number of nitrogens with two attached hydrogens (primary N) is 1. The monoisotopic (exact) mass is 261 g/mol. The maximum atomic E-state index is 14.4. The Balaban J connectivity index is 2.67. The van der Waals surface area contributed by atoms with Crippen LogP contribution in [0.2, 0.25) is 0 Å². The van der Waals surface area contributed by atoms with Crippen molar-refractivity contribution in [1.29, 1.82) is 0 Å². The van der Waals surface area contributed by atoms with E-state index < -0.39 is 17.4 Å². The summed E-state index contributed by atoms with van der Waals surface area (Å²) in [5, 5.41) is 0. The van der Waals surface area contributed by atoms with E-state index in [9.17, 15) is 13.6 Å². The lowest BCUT2D eigenvalue weighted by Crippen LogP contribution is -2.34. The van der Waals surface area contributed by atoms with Gasteiger partial charge in [-0.15, -0.1) is 0 Å². The van der Waals surface area contributed by atoms with Crippen molar-refractivity contribution in [2.24, 2.45) is 5.73 Å². The van der Waals surface area contributed by atoms with Crippen molar-refractivity contribution in [2.75, 3.05) is 0 Å². The normalized spacial score (nSPS) is 13.8. The third-order valence-corrected chi connectivity index (χ3v) is 3.06. The molecule has 0 bridgehead atoms. The summed E-state index contributed by atoms with van der Waals surface area (Å²) in [5.74, 6) is -1.58. The van der Waals surface area contributed by atoms with Gasteiger partial charge in [-0.1, -0.05) is 42.5 Å². The molecule has 2 rings (SSSR count). The molecule has 0 aliphatic carbocycles. The van der Waals surface area contributed by atoms with Gasteiger partial charge in [0.05, 0.1) is 0 Å². The molecule has 2 nitrogen and oxygen atoms in total. The van der Waals surface area contributed by atoms with Gasteiger partial charge in [-0.3, -0.25) is 4.79 Å². The van der Waals surface area contributed by atoms with Gasteiger partial charge in [0.25, 0.3) is 5.91 Å². The van der Waals surface area contributed by atoms with Gasteiger partial charge in [0.1, 0.15) is 5.82 Å². The van der Waals surface area contributed by atoms with Gasteiger partial charge in [-0.25, -0.2) is 8.78 Å². The van der Waals surface area contributed by atoms with Crippen LogP contribution in [0.5, 0.6) is 0 Å². The average Bonchev–Trinajstić information content (AvgIpc) is 2.39. The minimum Gasteiger partial charge on any atom is -0.367 e. The molecule has 19 heavy (non-hydrogen) atoms. The zero-order chi connectivity index (χ0) is 14.0. The van der Waals surface area contributed by atoms with Crippen LogP contribution in [0.15, 0.2) is 48.5 Å². The number of hydrogen-bond acceptors (Lipinski definition) is 1. The van der Waals surface area contributed by atoms with E-state index in [0.29, 0.717) is 5.56 Å². The fourth-order valence-electron chi connectivity index (χ4n) is 1.94. The number of primary amides is 1. The Bertz CT molecular complexity index is 623. The Morgan fingerprint density at radius 2 is 1.58 bits per heavy atom. The topological polar surface area (TPSA) is 43.1 Å². The summed E-state index contributed by atoms with van der Waals surface area (Å²) in [6.45, 7) is 1.08. The summed E-state index contributed by atoms with van der Waals surface area (Å²) in [7, 11) is 0. The van der Waals surface area contributed by atoms with E-state index in [1.165, 1.54) is 18.2 Å². The van der Waals surface area contributed by atoms with E-state index in [1.54, 1.807) is 30.3 Å². The number of benzene rings is 2. The highest BCUT2D eigenvalue weighted by atomic mass is 19.1. The quantitative estimate of drug-likeness (QED) is 0.906. The van der Waals surface area contributed by atoms with Crippen molar-refractivity contribution in [1.82, 2.24) is 0 Å². The molecule has 0 aliphatic rings. The molecule has 2 aromatic carbocycles. The lowest BCUT2D eigenvalue weighted by Gasteiger charge is -2.20. The number of halogens is 2. The van der Waals surface area contributed by atoms with Crippen LogP contribution in [-0.4, -0.2) is 5.91 Å². The van der Waals surface area contributed by atoms with Crippen LogP contribution in [0.1, 0.15) is 12.5 Å². The summed E-state index contributed by atoms with van der Waals surface area (Å²) >= 11 is 0. The fraction of sp³-hybridized carbons (Fsp3) is 0.133. The first-order valence-corrected chi connectivity index (χ1v) is 5.78. The maximum Gasteiger partial charge on any atom is 0.259 e. The largest absolute Gasteiger partial charge is 0.367 e. The van der Waals surface area contributed by atoms with Crippen molar-refractivity contribution in [2.45, 2.75) is 12.6 Å². The number of carbonyl (C=O) groups excluding carboxylic acids is 1. The van der Waals surface area contributed by atoms with E-state index in [0.717, 1.165) is 6.92 Å². The van der Waals surface area contributed by atoms with Gasteiger partial charge >= 0.3 is 0 Å². The highest BCUT2D eigenvalue weighted by Gasteiger charge is 2.35. The van der Waals surface area contributed by atoms with Gasteiger partial charge in [-0.05, 0) is 18.6 Å². The molecule has 2 N–H and O–H groups in total. The molecule has 0 spiro atoms. The Labute approximate surface area is 109 Å². The van der Waals surface area contributed by atoms with Crippen LogP contribution < -0.4 is 5.73 Å². The zero-order valence-corrected chi connectivity index (χ0v) is 10.4. The van der Waals surface area contributed by atoms with Gasteiger partial charge in [0, 0.05) is 11.1 Å². The van der Waals surface area contributed by atoms with Crippen molar-refractivity contribution in [3.63, 3.8) is 0 Å². The molecule has 0 saturated carbocycles. The molecule has 4 heteroatoms. The van der Waals surface area contributed by atoms with Crippen LogP contribution in [0.3, 0.4) is 0 Å². The second kappa shape index (κ2) is 4.80. The smallest absolute Gasteiger partial charge is 0.259 e. The molecule has 1 unspecified atom stereocenters. The first kappa shape index (κ1) is 13.2. The van der Waals surface area contributed by atoms with E-state index >= 15 is 0 Å². The van der Waals surface area contributed by atoms with Crippen LogP contribution in [-0.2, 0) is 10.5 Å². The lowest BCUT2D eigenvalue weighted by molar-refractivity contribution is -0.128. The fourth-order valence-corrected chi connectivity index (χ4v) is 1.94. The maximum absolute atomic E-state index is 14.4. The molecular formula is C15H13F2NO. The molecule has 0 aromatic heterocycles. The predicted octanol–water partition coefficient (Wildman–Crippen LogP) is 3.16. The molecule has 0 heterocycles. The zero-order valence-electron chi connectivity index (χ0n) is 10.4. The highest BCUT2D eigenvalue weighted by Crippen LogP contribution is 2.35. The van der Waals surface area contributed by atoms with Gasteiger partial charge in [0.2, 0.25) is 5.67 Å². The summed E-state index contributed by atoms with van der Waals surface area (Å²) in [4.78, 5) is 11.2. The van der Waals surface area contributed by atoms with E-state index in [1.807, 2.05) is 0 Å². The van der Waals surface area contributed by atoms with Gasteiger partial charge in [0.15, 0.2) is 0 Å². The molecule has 0 fully saturated rings. The Kier molecular flexibility index (Phi) is 3.34. The highest BCUT2D eigenvalue weighted by molar-refractivity contribution is 5.87. The SMILES string of the molecule is CC(F)(C(N)=O)c1ccccc1-c1ccccc1F. The number of amides is 1. The first-order valence-electron chi connectivity index (χ1n) is 5.78. The molecule has 1 amide bonds. The van der Waals surface area contributed by atoms with Crippen molar-refractivity contribution < 1.29 is 13.6 Å².